The minimum absolute atomic E-state index is 0.00888. The third-order valence-electron chi connectivity index (χ3n) is 3.62. The second-order valence-electron chi connectivity index (χ2n) is 5.58. The van der Waals surface area contributed by atoms with E-state index in [0.717, 1.165) is 5.76 Å². The molecule has 1 aromatic carbocycles. The molecule has 0 saturated carbocycles. The van der Waals surface area contributed by atoms with Gasteiger partial charge in [-0.2, -0.15) is 0 Å². The molecule has 128 valence electrons. The highest BCUT2D eigenvalue weighted by Crippen LogP contribution is 2.26. The van der Waals surface area contributed by atoms with E-state index >= 15 is 0 Å². The fraction of sp³-hybridized carbons (Fsp3) is 0.222. The van der Waals surface area contributed by atoms with E-state index in [1.54, 1.807) is 37.3 Å². The number of nitrogens with zero attached hydrogens (tertiary/aromatic N) is 2. The molecule has 0 aliphatic heterocycles. The summed E-state index contributed by atoms with van der Waals surface area (Å²) >= 11 is 0. The van der Waals surface area contributed by atoms with Crippen LogP contribution < -0.4 is 5.32 Å². The number of hydrogen-bond donors (Lipinski definition) is 1. The van der Waals surface area contributed by atoms with Gasteiger partial charge in [0.15, 0.2) is 5.78 Å². The number of Topliss-reactive ketones (excluding diaryl/α,β-unsaturated/α-hetero) is 1. The van der Waals surface area contributed by atoms with Crippen molar-refractivity contribution in [3.05, 3.63) is 53.5 Å². The van der Waals surface area contributed by atoms with Crippen molar-refractivity contribution in [3.63, 3.8) is 0 Å². The molecule has 0 aliphatic rings. The Kier molecular flexibility index (Phi) is 4.74. The Morgan fingerprint density at radius 2 is 1.80 bits per heavy atom. The SMILES string of the molecule is Cc1cc(-c2nnc(NC(=O)CCC(=O)c3ccccc3)o2)c(C)o1. The maximum absolute atomic E-state index is 12.0. The highest BCUT2D eigenvalue weighted by Gasteiger charge is 2.16. The van der Waals surface area contributed by atoms with E-state index in [0.29, 0.717) is 16.9 Å². The molecule has 3 aromatic rings. The lowest BCUT2D eigenvalue weighted by Gasteiger charge is -2.01. The summed E-state index contributed by atoms with van der Waals surface area (Å²) in [6.45, 7) is 3.61. The van der Waals surface area contributed by atoms with Crippen LogP contribution in [0.15, 0.2) is 45.2 Å². The van der Waals surface area contributed by atoms with Crippen LogP contribution in [0.25, 0.3) is 11.5 Å². The standard InChI is InChI=1S/C18H17N3O4/c1-11-10-14(12(2)24-11)17-20-21-18(25-17)19-16(23)9-8-15(22)13-6-4-3-5-7-13/h3-7,10H,8-9H2,1-2H3,(H,19,21,23). The lowest BCUT2D eigenvalue weighted by atomic mass is 10.1. The van der Waals surface area contributed by atoms with E-state index in [2.05, 4.69) is 15.5 Å². The average molecular weight is 339 g/mol. The summed E-state index contributed by atoms with van der Waals surface area (Å²) in [7, 11) is 0. The summed E-state index contributed by atoms with van der Waals surface area (Å²) in [6.07, 6.45) is 0.145. The molecule has 0 bridgehead atoms. The molecule has 0 spiro atoms. The minimum Gasteiger partial charge on any atom is -0.466 e. The van der Waals surface area contributed by atoms with Crippen molar-refractivity contribution in [1.29, 1.82) is 0 Å². The summed E-state index contributed by atoms with van der Waals surface area (Å²) in [5.41, 5.74) is 1.27. The number of carbonyl (C=O) groups excluding carboxylic acids is 2. The van der Waals surface area contributed by atoms with Gasteiger partial charge in [0, 0.05) is 18.4 Å². The van der Waals surface area contributed by atoms with Crippen molar-refractivity contribution in [2.45, 2.75) is 26.7 Å². The molecule has 0 fully saturated rings. The number of amides is 1. The van der Waals surface area contributed by atoms with E-state index in [1.807, 2.05) is 13.0 Å². The van der Waals surface area contributed by atoms with Gasteiger partial charge < -0.3 is 8.83 Å². The summed E-state index contributed by atoms with van der Waals surface area (Å²) in [5, 5.41) is 10.2. The maximum atomic E-state index is 12.0. The Bertz CT molecular complexity index is 896. The summed E-state index contributed by atoms with van der Waals surface area (Å²) in [6, 6.07) is 10.6. The Morgan fingerprint density at radius 3 is 2.48 bits per heavy atom. The first-order valence-corrected chi connectivity index (χ1v) is 7.82. The smallest absolute Gasteiger partial charge is 0.322 e. The van der Waals surface area contributed by atoms with E-state index in [4.69, 9.17) is 8.83 Å². The Labute approximate surface area is 144 Å². The molecule has 2 heterocycles. The normalized spacial score (nSPS) is 10.6. The van der Waals surface area contributed by atoms with Crippen LogP contribution in [0.2, 0.25) is 0 Å². The van der Waals surface area contributed by atoms with Crippen molar-refractivity contribution < 1.29 is 18.4 Å². The van der Waals surface area contributed by atoms with Gasteiger partial charge >= 0.3 is 6.01 Å². The lowest BCUT2D eigenvalue weighted by molar-refractivity contribution is -0.116. The molecular weight excluding hydrogens is 322 g/mol. The predicted octanol–water partition coefficient (Wildman–Crippen LogP) is 3.55. The first-order valence-electron chi connectivity index (χ1n) is 7.82. The van der Waals surface area contributed by atoms with Gasteiger partial charge in [-0.1, -0.05) is 35.4 Å². The molecule has 7 nitrogen and oxygen atoms in total. The Balaban J connectivity index is 1.57. The number of carbonyl (C=O) groups is 2. The highest BCUT2D eigenvalue weighted by molar-refractivity contribution is 5.99. The first-order chi connectivity index (χ1) is 12.0. The fourth-order valence-corrected chi connectivity index (χ4v) is 2.40. The number of rotatable bonds is 6. The van der Waals surface area contributed by atoms with Gasteiger partial charge in [0.25, 0.3) is 5.89 Å². The van der Waals surface area contributed by atoms with Gasteiger partial charge in [0.05, 0.1) is 5.56 Å². The van der Waals surface area contributed by atoms with Crippen LogP contribution in [0.5, 0.6) is 0 Å². The first kappa shape index (κ1) is 16.6. The van der Waals surface area contributed by atoms with Crippen LogP contribution >= 0.6 is 0 Å². The van der Waals surface area contributed by atoms with E-state index in [-0.39, 0.29) is 36.4 Å². The molecular formula is C18H17N3O4. The van der Waals surface area contributed by atoms with Gasteiger partial charge in [0.2, 0.25) is 5.91 Å². The molecule has 0 radical (unpaired) electrons. The quantitative estimate of drug-likeness (QED) is 0.690. The van der Waals surface area contributed by atoms with Crippen LogP contribution in [0.4, 0.5) is 6.01 Å². The second-order valence-corrected chi connectivity index (χ2v) is 5.58. The third kappa shape index (κ3) is 4.00. The number of ketones is 1. The zero-order valence-corrected chi connectivity index (χ0v) is 13.9. The van der Waals surface area contributed by atoms with Gasteiger partial charge in [-0.25, -0.2) is 0 Å². The minimum atomic E-state index is -0.362. The topological polar surface area (TPSA) is 98.2 Å². The highest BCUT2D eigenvalue weighted by atomic mass is 16.4. The fourth-order valence-electron chi connectivity index (χ4n) is 2.40. The van der Waals surface area contributed by atoms with Crippen LogP contribution in [0.3, 0.4) is 0 Å². The van der Waals surface area contributed by atoms with E-state index in [9.17, 15) is 9.59 Å². The number of hydrogen-bond acceptors (Lipinski definition) is 6. The van der Waals surface area contributed by atoms with Crippen molar-refractivity contribution >= 4 is 17.7 Å². The molecule has 3 rings (SSSR count). The van der Waals surface area contributed by atoms with Crippen molar-refractivity contribution in [2.75, 3.05) is 5.32 Å². The average Bonchev–Trinajstić information content (AvgIpc) is 3.19. The van der Waals surface area contributed by atoms with Crippen molar-refractivity contribution in [3.8, 4) is 11.5 Å². The lowest BCUT2D eigenvalue weighted by Crippen LogP contribution is -2.13. The van der Waals surface area contributed by atoms with E-state index in [1.165, 1.54) is 0 Å². The number of anilines is 1. The predicted molar refractivity (Wildman–Crippen MR) is 90.1 cm³/mol. The molecule has 1 N–H and O–H groups in total. The second kappa shape index (κ2) is 7.12. The number of nitrogens with one attached hydrogen (secondary N) is 1. The van der Waals surface area contributed by atoms with E-state index < -0.39 is 0 Å². The Hall–Kier alpha value is -3.22. The zero-order valence-electron chi connectivity index (χ0n) is 13.9. The summed E-state index contributed by atoms with van der Waals surface area (Å²) < 4.78 is 10.8. The third-order valence-corrected chi connectivity index (χ3v) is 3.62. The van der Waals surface area contributed by atoms with Crippen LogP contribution in [0.1, 0.15) is 34.7 Å². The maximum Gasteiger partial charge on any atom is 0.322 e. The Morgan fingerprint density at radius 1 is 1.04 bits per heavy atom. The molecule has 0 unspecified atom stereocenters. The molecule has 25 heavy (non-hydrogen) atoms. The largest absolute Gasteiger partial charge is 0.466 e. The van der Waals surface area contributed by atoms with Crippen molar-refractivity contribution in [2.24, 2.45) is 0 Å². The molecule has 1 amide bonds. The number of benzene rings is 1. The molecule has 0 aliphatic carbocycles. The number of aromatic nitrogens is 2. The van der Waals surface area contributed by atoms with Crippen LogP contribution in [-0.4, -0.2) is 21.9 Å². The van der Waals surface area contributed by atoms with Crippen LogP contribution in [0, 0.1) is 13.8 Å². The van der Waals surface area contributed by atoms with Gasteiger partial charge in [-0.05, 0) is 19.9 Å². The van der Waals surface area contributed by atoms with Gasteiger partial charge in [-0.3, -0.25) is 14.9 Å². The number of furan rings is 1. The summed E-state index contributed by atoms with van der Waals surface area (Å²) in [5.74, 6) is 1.21. The molecule has 7 heteroatoms. The van der Waals surface area contributed by atoms with Crippen molar-refractivity contribution in [1.82, 2.24) is 10.2 Å². The van der Waals surface area contributed by atoms with Gasteiger partial charge in [-0.15, -0.1) is 5.10 Å². The van der Waals surface area contributed by atoms with Crippen LogP contribution in [-0.2, 0) is 4.79 Å². The monoisotopic (exact) mass is 339 g/mol. The summed E-state index contributed by atoms with van der Waals surface area (Å²) in [4.78, 5) is 23.9. The number of aryl methyl sites for hydroxylation is 2. The molecule has 0 saturated heterocycles. The van der Waals surface area contributed by atoms with Gasteiger partial charge in [0.1, 0.15) is 11.5 Å². The molecule has 0 atom stereocenters. The zero-order chi connectivity index (χ0) is 17.8. The molecule has 2 aromatic heterocycles.